The van der Waals surface area contributed by atoms with Crippen molar-refractivity contribution >= 4 is 21.9 Å². The lowest BCUT2D eigenvalue weighted by molar-refractivity contribution is 0.533. The Bertz CT molecular complexity index is 827. The first kappa shape index (κ1) is 9.55. The fourth-order valence-electron chi connectivity index (χ4n) is 1.81. The van der Waals surface area contributed by atoms with Crippen molar-refractivity contribution in [1.82, 2.24) is 4.98 Å². The fraction of sp³-hybridized carbons (Fsp3) is 0. The lowest BCUT2D eigenvalue weighted by atomic mass is 10.1. The zero-order valence-electron chi connectivity index (χ0n) is 8.77. The number of hydrogen-bond donors (Lipinski definition) is 1. The molecule has 0 saturated heterocycles. The first-order valence-electron chi connectivity index (χ1n) is 5.06. The van der Waals surface area contributed by atoms with Gasteiger partial charge < -0.3 is 4.42 Å². The fourth-order valence-corrected chi connectivity index (χ4v) is 1.81. The largest absolute Gasteiger partial charge is 0.437 e. The Balaban J connectivity index is 2.56. The van der Waals surface area contributed by atoms with Crippen molar-refractivity contribution in [1.29, 1.82) is 10.7 Å². The first-order valence-corrected chi connectivity index (χ1v) is 5.06. The number of nitrogens with zero attached hydrogens (tertiary/aromatic N) is 2. The quantitative estimate of drug-likeness (QED) is 0.592. The van der Waals surface area contributed by atoms with Crippen LogP contribution >= 0.6 is 0 Å². The summed E-state index contributed by atoms with van der Waals surface area (Å²) in [6, 6.07) is 11.1. The standard InChI is InChI=1S/C13H7N3O/c14-6-8-5-9-7-16-11-4-2-1-3-10(11)12(9)17-13(8)15/h1-5,7,15H. The maximum atomic E-state index is 8.84. The molecular formula is C13H7N3O. The molecule has 17 heavy (non-hydrogen) atoms. The topological polar surface area (TPSA) is 73.7 Å². The van der Waals surface area contributed by atoms with Crippen molar-refractivity contribution in [2.24, 2.45) is 0 Å². The SMILES string of the molecule is N#Cc1cc2cnc3ccccc3c2oc1=N. The second-order valence-corrected chi connectivity index (χ2v) is 3.66. The van der Waals surface area contributed by atoms with Crippen LogP contribution in [0.25, 0.3) is 21.9 Å². The molecule has 4 heteroatoms. The van der Waals surface area contributed by atoms with Gasteiger partial charge in [0.05, 0.1) is 5.52 Å². The van der Waals surface area contributed by atoms with Crippen LogP contribution in [0.15, 0.2) is 40.9 Å². The van der Waals surface area contributed by atoms with Crippen LogP contribution in [0.4, 0.5) is 0 Å². The van der Waals surface area contributed by atoms with Gasteiger partial charge >= 0.3 is 0 Å². The molecule has 0 fully saturated rings. The molecule has 80 valence electrons. The van der Waals surface area contributed by atoms with Crippen molar-refractivity contribution in [2.75, 3.05) is 0 Å². The van der Waals surface area contributed by atoms with E-state index in [-0.39, 0.29) is 11.1 Å². The molecule has 0 aliphatic heterocycles. The molecule has 0 aliphatic carbocycles. The molecule has 2 heterocycles. The normalized spacial score (nSPS) is 10.5. The third kappa shape index (κ3) is 1.37. The molecule has 0 aliphatic rings. The highest BCUT2D eigenvalue weighted by molar-refractivity contribution is 6.01. The number of para-hydroxylation sites is 1. The van der Waals surface area contributed by atoms with E-state index in [9.17, 15) is 0 Å². The molecule has 4 nitrogen and oxygen atoms in total. The molecule has 3 aromatic rings. The molecule has 0 saturated carbocycles. The minimum absolute atomic E-state index is 0.114. The van der Waals surface area contributed by atoms with Gasteiger partial charge in [-0.1, -0.05) is 12.1 Å². The predicted molar refractivity (Wildman–Crippen MR) is 62.1 cm³/mol. The number of aromatic nitrogens is 1. The molecule has 1 aromatic carbocycles. The number of nitriles is 1. The minimum Gasteiger partial charge on any atom is -0.437 e. The zero-order chi connectivity index (χ0) is 11.8. The summed E-state index contributed by atoms with van der Waals surface area (Å²) in [5.74, 6) is 0. The van der Waals surface area contributed by atoms with Crippen LogP contribution in [-0.2, 0) is 0 Å². The summed E-state index contributed by atoms with van der Waals surface area (Å²) in [7, 11) is 0. The lowest BCUT2D eigenvalue weighted by Gasteiger charge is -2.01. The van der Waals surface area contributed by atoms with Gasteiger partial charge in [0.25, 0.3) is 0 Å². The Morgan fingerprint density at radius 3 is 2.94 bits per heavy atom. The van der Waals surface area contributed by atoms with E-state index in [1.54, 1.807) is 12.3 Å². The summed E-state index contributed by atoms with van der Waals surface area (Å²) in [5.41, 5.74) is 1.51. The van der Waals surface area contributed by atoms with Gasteiger partial charge in [-0.2, -0.15) is 5.26 Å². The van der Waals surface area contributed by atoms with Crippen molar-refractivity contribution in [2.45, 2.75) is 0 Å². The van der Waals surface area contributed by atoms with E-state index >= 15 is 0 Å². The van der Waals surface area contributed by atoms with E-state index in [4.69, 9.17) is 15.1 Å². The zero-order valence-corrected chi connectivity index (χ0v) is 8.77. The number of hydrogen-bond acceptors (Lipinski definition) is 4. The Labute approximate surface area is 96.3 Å². The smallest absolute Gasteiger partial charge is 0.229 e. The van der Waals surface area contributed by atoms with Crippen molar-refractivity contribution < 1.29 is 4.42 Å². The summed E-state index contributed by atoms with van der Waals surface area (Å²) in [5, 5.41) is 18.0. The first-order chi connectivity index (χ1) is 8.29. The molecule has 1 N–H and O–H groups in total. The number of pyridine rings is 1. The van der Waals surface area contributed by atoms with E-state index in [1.807, 2.05) is 30.3 Å². The van der Waals surface area contributed by atoms with Gasteiger partial charge in [0.1, 0.15) is 17.2 Å². The van der Waals surface area contributed by atoms with E-state index in [1.165, 1.54) is 0 Å². The van der Waals surface area contributed by atoms with Crippen LogP contribution in [0, 0.1) is 16.7 Å². The van der Waals surface area contributed by atoms with Crippen LogP contribution in [0.2, 0.25) is 0 Å². The van der Waals surface area contributed by atoms with Gasteiger partial charge in [-0.15, -0.1) is 0 Å². The van der Waals surface area contributed by atoms with Crippen molar-refractivity contribution in [3.8, 4) is 6.07 Å². The number of benzene rings is 1. The predicted octanol–water partition coefficient (Wildman–Crippen LogP) is 2.33. The number of nitrogens with one attached hydrogen (secondary N) is 1. The van der Waals surface area contributed by atoms with E-state index in [0.717, 1.165) is 16.3 Å². The number of fused-ring (bicyclic) bond motifs is 3. The van der Waals surface area contributed by atoms with Crippen LogP contribution in [0.3, 0.4) is 0 Å². The summed E-state index contributed by atoms with van der Waals surface area (Å²) >= 11 is 0. The molecule has 0 unspecified atom stereocenters. The van der Waals surface area contributed by atoms with E-state index in [0.29, 0.717) is 5.58 Å². The van der Waals surface area contributed by atoms with Crippen molar-refractivity contribution in [3.05, 3.63) is 47.6 Å². The lowest BCUT2D eigenvalue weighted by Crippen LogP contribution is -2.03. The van der Waals surface area contributed by atoms with Gasteiger partial charge in [-0.25, -0.2) is 0 Å². The molecule has 3 rings (SSSR count). The minimum atomic E-state index is -0.114. The Hall–Kier alpha value is -2.67. The third-order valence-corrected chi connectivity index (χ3v) is 2.62. The van der Waals surface area contributed by atoms with E-state index < -0.39 is 0 Å². The van der Waals surface area contributed by atoms with Crippen LogP contribution in [0.1, 0.15) is 5.56 Å². The Morgan fingerprint density at radius 1 is 1.29 bits per heavy atom. The highest BCUT2D eigenvalue weighted by Crippen LogP contribution is 2.22. The summed E-state index contributed by atoms with van der Waals surface area (Å²) in [6.07, 6.45) is 1.65. The maximum Gasteiger partial charge on any atom is 0.229 e. The molecule has 0 amide bonds. The monoisotopic (exact) mass is 221 g/mol. The molecular weight excluding hydrogens is 214 g/mol. The molecule has 0 atom stereocenters. The molecule has 0 spiro atoms. The van der Waals surface area contributed by atoms with Crippen LogP contribution in [0.5, 0.6) is 0 Å². The summed E-state index contributed by atoms with van der Waals surface area (Å²) < 4.78 is 5.40. The summed E-state index contributed by atoms with van der Waals surface area (Å²) in [4.78, 5) is 4.28. The highest BCUT2D eigenvalue weighted by atomic mass is 16.3. The third-order valence-electron chi connectivity index (χ3n) is 2.62. The molecule has 2 aromatic heterocycles. The van der Waals surface area contributed by atoms with Gasteiger partial charge in [-0.3, -0.25) is 10.4 Å². The average Bonchev–Trinajstić information content (AvgIpc) is 2.38. The van der Waals surface area contributed by atoms with E-state index in [2.05, 4.69) is 4.98 Å². The van der Waals surface area contributed by atoms with Gasteiger partial charge in [0.2, 0.25) is 5.55 Å². The van der Waals surface area contributed by atoms with Crippen LogP contribution < -0.4 is 5.55 Å². The molecule has 0 radical (unpaired) electrons. The second kappa shape index (κ2) is 3.42. The Kier molecular flexibility index (Phi) is 1.92. The number of rotatable bonds is 0. The highest BCUT2D eigenvalue weighted by Gasteiger charge is 2.06. The second-order valence-electron chi connectivity index (χ2n) is 3.66. The van der Waals surface area contributed by atoms with Crippen LogP contribution in [-0.4, -0.2) is 4.98 Å². The summed E-state index contributed by atoms with van der Waals surface area (Å²) in [6.45, 7) is 0. The van der Waals surface area contributed by atoms with Gasteiger partial charge in [0, 0.05) is 17.0 Å². The molecule has 0 bridgehead atoms. The van der Waals surface area contributed by atoms with Gasteiger partial charge in [0.15, 0.2) is 0 Å². The average molecular weight is 221 g/mol. The maximum absolute atomic E-state index is 8.84. The van der Waals surface area contributed by atoms with Gasteiger partial charge in [-0.05, 0) is 18.2 Å². The Morgan fingerprint density at radius 2 is 2.12 bits per heavy atom. The van der Waals surface area contributed by atoms with Crippen molar-refractivity contribution in [3.63, 3.8) is 0 Å².